The number of carbonyl (C=O) groups is 2. The van der Waals surface area contributed by atoms with Gasteiger partial charge in [-0.25, -0.2) is 9.97 Å². The van der Waals surface area contributed by atoms with E-state index < -0.39 is 0 Å². The van der Waals surface area contributed by atoms with Gasteiger partial charge in [-0.1, -0.05) is 44.2 Å². The Bertz CT molecular complexity index is 1390. The summed E-state index contributed by atoms with van der Waals surface area (Å²) in [7, 11) is 6.08. The van der Waals surface area contributed by atoms with Crippen molar-refractivity contribution in [3.05, 3.63) is 57.7 Å². The second-order valence-corrected chi connectivity index (χ2v) is 13.9. The standard InChI is InChI=1S/C31H42N6O2S/c1-31(2,3)22-10-11-24-21(15-22)16-26-29(34-24)40-30(35-26)28(39)33-25(12-13-36(4)5)19-8-7-9-20(14-19)27(38)32-23-17-37(6)18-23/h7-9,14,16,22-23,25H,10-13,15,17-18H2,1-6H3,(H,32,38)(H,33,39)/t22-,25+/m0/s1. The Morgan fingerprint density at radius 1 is 1.15 bits per heavy atom. The number of fused-ring (bicyclic) bond motifs is 2. The van der Waals surface area contributed by atoms with Crippen LogP contribution >= 0.6 is 11.3 Å². The smallest absolute Gasteiger partial charge is 0.280 e. The number of nitrogens with zero attached hydrogens (tertiary/aromatic N) is 4. The molecular weight excluding hydrogens is 520 g/mol. The maximum atomic E-state index is 13.5. The quantitative estimate of drug-likeness (QED) is 0.425. The van der Waals surface area contributed by atoms with Gasteiger partial charge in [0.1, 0.15) is 10.3 Å². The van der Waals surface area contributed by atoms with Crippen molar-refractivity contribution in [2.24, 2.45) is 11.3 Å². The predicted molar refractivity (Wildman–Crippen MR) is 161 cm³/mol. The molecule has 214 valence electrons. The zero-order valence-corrected chi connectivity index (χ0v) is 25.4. The van der Waals surface area contributed by atoms with Crippen molar-refractivity contribution in [3.8, 4) is 0 Å². The number of thiazole rings is 1. The number of aromatic nitrogens is 2. The summed E-state index contributed by atoms with van der Waals surface area (Å²) in [6, 6.07) is 9.68. The zero-order chi connectivity index (χ0) is 28.6. The molecule has 40 heavy (non-hydrogen) atoms. The molecule has 0 unspecified atom stereocenters. The average Bonchev–Trinajstić information content (AvgIpc) is 3.30. The second-order valence-electron chi connectivity index (χ2n) is 12.9. The van der Waals surface area contributed by atoms with Crippen LogP contribution in [0, 0.1) is 11.3 Å². The molecule has 9 heteroatoms. The zero-order valence-electron chi connectivity index (χ0n) is 24.6. The molecule has 3 heterocycles. The number of benzene rings is 1. The number of nitrogens with one attached hydrogen (secondary N) is 2. The lowest BCUT2D eigenvalue weighted by molar-refractivity contribution is 0.0857. The summed E-state index contributed by atoms with van der Waals surface area (Å²) in [5.74, 6) is 0.336. The first kappa shape index (κ1) is 28.6. The van der Waals surface area contributed by atoms with E-state index >= 15 is 0 Å². The van der Waals surface area contributed by atoms with Gasteiger partial charge in [-0.05, 0) is 94.0 Å². The molecule has 0 spiro atoms. The lowest BCUT2D eigenvalue weighted by Gasteiger charge is -2.36. The summed E-state index contributed by atoms with van der Waals surface area (Å²) in [4.78, 5) is 41.1. The van der Waals surface area contributed by atoms with Crippen LogP contribution in [0.4, 0.5) is 0 Å². The Morgan fingerprint density at radius 2 is 1.93 bits per heavy atom. The average molecular weight is 563 g/mol. The Hall–Kier alpha value is -2.88. The van der Waals surface area contributed by atoms with Gasteiger partial charge in [0, 0.05) is 24.3 Å². The summed E-state index contributed by atoms with van der Waals surface area (Å²) in [5, 5.41) is 6.74. The maximum Gasteiger partial charge on any atom is 0.280 e. The van der Waals surface area contributed by atoms with Crippen LogP contribution in [-0.2, 0) is 12.8 Å². The molecule has 1 fully saturated rings. The first-order valence-corrected chi connectivity index (χ1v) is 15.1. The number of aryl methyl sites for hydroxylation is 1. The molecule has 3 aromatic rings. The normalized spacial score (nSPS) is 18.8. The first-order chi connectivity index (χ1) is 19.0. The second kappa shape index (κ2) is 11.5. The largest absolute Gasteiger partial charge is 0.347 e. The molecular formula is C31H42N6O2S. The van der Waals surface area contributed by atoms with E-state index in [1.165, 1.54) is 16.9 Å². The van der Waals surface area contributed by atoms with Crippen molar-refractivity contribution in [1.29, 1.82) is 0 Å². The van der Waals surface area contributed by atoms with Crippen LogP contribution in [0.3, 0.4) is 0 Å². The van der Waals surface area contributed by atoms with Gasteiger partial charge < -0.3 is 20.4 Å². The van der Waals surface area contributed by atoms with Gasteiger partial charge in [0.2, 0.25) is 0 Å². The van der Waals surface area contributed by atoms with Crippen molar-refractivity contribution in [2.45, 2.75) is 58.5 Å². The Labute approximate surface area is 241 Å². The van der Waals surface area contributed by atoms with Gasteiger partial charge in [0.15, 0.2) is 5.01 Å². The molecule has 0 bridgehead atoms. The predicted octanol–water partition coefficient (Wildman–Crippen LogP) is 4.31. The monoisotopic (exact) mass is 562 g/mol. The van der Waals surface area contributed by atoms with Crippen LogP contribution in [0.5, 0.6) is 0 Å². The highest BCUT2D eigenvalue weighted by Gasteiger charge is 2.30. The SMILES string of the molecule is CN(C)CC[C@@H](NC(=O)c1nc2cc3c(nc2s1)CC[C@H](C(C)(C)C)C3)c1cccc(C(=O)NC2CN(C)C2)c1. The molecule has 5 rings (SSSR count). The van der Waals surface area contributed by atoms with Crippen molar-refractivity contribution in [1.82, 2.24) is 30.4 Å². The van der Waals surface area contributed by atoms with Crippen molar-refractivity contribution < 1.29 is 9.59 Å². The van der Waals surface area contributed by atoms with Crippen LogP contribution in [0.15, 0.2) is 30.3 Å². The molecule has 0 saturated carbocycles. The molecule has 8 nitrogen and oxygen atoms in total. The summed E-state index contributed by atoms with van der Waals surface area (Å²) < 4.78 is 0. The van der Waals surface area contributed by atoms with Gasteiger partial charge in [-0.15, -0.1) is 0 Å². The van der Waals surface area contributed by atoms with Crippen molar-refractivity contribution >= 4 is 33.5 Å². The Kier molecular flexibility index (Phi) is 8.27. The highest BCUT2D eigenvalue weighted by Crippen LogP contribution is 2.38. The number of likely N-dealkylation sites (tertiary alicyclic amines) is 1. The van der Waals surface area contributed by atoms with E-state index in [4.69, 9.17) is 9.97 Å². The fourth-order valence-electron chi connectivity index (χ4n) is 5.73. The van der Waals surface area contributed by atoms with Crippen LogP contribution in [0.2, 0.25) is 0 Å². The van der Waals surface area contributed by atoms with Crippen molar-refractivity contribution in [3.63, 3.8) is 0 Å². The van der Waals surface area contributed by atoms with E-state index in [0.29, 0.717) is 22.9 Å². The van der Waals surface area contributed by atoms with Crippen LogP contribution < -0.4 is 10.6 Å². The number of hydrogen-bond acceptors (Lipinski definition) is 7. The third-order valence-electron chi connectivity index (χ3n) is 8.29. The highest BCUT2D eigenvalue weighted by molar-refractivity contribution is 7.19. The minimum Gasteiger partial charge on any atom is -0.347 e. The third kappa shape index (κ3) is 6.53. The summed E-state index contributed by atoms with van der Waals surface area (Å²) in [6.07, 6.45) is 3.84. The lowest BCUT2D eigenvalue weighted by atomic mass is 9.71. The number of hydrogen-bond donors (Lipinski definition) is 2. The molecule has 0 radical (unpaired) electrons. The van der Waals surface area contributed by atoms with Crippen molar-refractivity contribution in [2.75, 3.05) is 40.8 Å². The summed E-state index contributed by atoms with van der Waals surface area (Å²) in [6.45, 7) is 9.44. The van der Waals surface area contributed by atoms with Crippen LogP contribution in [0.25, 0.3) is 10.3 Å². The molecule has 2 aliphatic rings. The van der Waals surface area contributed by atoms with E-state index in [9.17, 15) is 9.59 Å². The molecule has 2 atom stereocenters. The van der Waals surface area contributed by atoms with Crippen LogP contribution in [-0.4, -0.2) is 78.4 Å². The van der Waals surface area contributed by atoms with Gasteiger partial charge in [0.25, 0.3) is 11.8 Å². The molecule has 2 aromatic heterocycles. The molecule has 1 aliphatic carbocycles. The van der Waals surface area contributed by atoms with E-state index in [0.717, 1.165) is 60.5 Å². The third-order valence-corrected chi connectivity index (χ3v) is 9.25. The first-order valence-electron chi connectivity index (χ1n) is 14.3. The molecule has 1 saturated heterocycles. The number of rotatable bonds is 8. The topological polar surface area (TPSA) is 90.5 Å². The fourth-order valence-corrected chi connectivity index (χ4v) is 6.58. The van der Waals surface area contributed by atoms with Crippen LogP contribution in [0.1, 0.15) is 76.6 Å². The van der Waals surface area contributed by atoms with E-state index in [1.54, 1.807) is 0 Å². The number of amides is 2. The van der Waals surface area contributed by atoms with Gasteiger partial charge in [-0.3, -0.25) is 9.59 Å². The maximum absolute atomic E-state index is 13.5. The fraction of sp³-hybridized carbons (Fsp3) is 0.548. The molecule has 1 aromatic carbocycles. The molecule has 2 amide bonds. The Balaban J connectivity index is 1.34. The number of likely N-dealkylation sites (N-methyl/N-ethyl adjacent to an activating group) is 1. The number of pyridine rings is 1. The summed E-state index contributed by atoms with van der Waals surface area (Å²) >= 11 is 1.36. The lowest BCUT2D eigenvalue weighted by Crippen LogP contribution is -2.57. The highest BCUT2D eigenvalue weighted by atomic mass is 32.1. The van der Waals surface area contributed by atoms with Gasteiger partial charge in [-0.2, -0.15) is 0 Å². The van der Waals surface area contributed by atoms with E-state index in [2.05, 4.69) is 47.3 Å². The van der Waals surface area contributed by atoms with E-state index in [-0.39, 0.29) is 29.3 Å². The van der Waals surface area contributed by atoms with E-state index in [1.807, 2.05) is 45.4 Å². The number of carbonyl (C=O) groups excluding carboxylic acids is 2. The molecule has 2 N–H and O–H groups in total. The Morgan fingerprint density at radius 3 is 2.62 bits per heavy atom. The minimum absolute atomic E-state index is 0.0763. The molecule has 1 aliphatic heterocycles. The van der Waals surface area contributed by atoms with Gasteiger partial charge in [0.05, 0.1) is 12.1 Å². The minimum atomic E-state index is -0.252. The summed E-state index contributed by atoms with van der Waals surface area (Å²) in [5.41, 5.74) is 5.00. The van der Waals surface area contributed by atoms with Gasteiger partial charge >= 0.3 is 0 Å².